The number of anilines is 1. The number of pyridine rings is 1. The molecule has 6 nitrogen and oxygen atoms in total. The molecule has 2 heterocycles. The Morgan fingerprint density at radius 3 is 3.06 bits per heavy atom. The monoisotopic (exact) mass is 239 g/mol. The Balaban J connectivity index is 1.98. The van der Waals surface area contributed by atoms with Gasteiger partial charge in [-0.3, -0.25) is 14.9 Å². The molecule has 0 bridgehead atoms. The van der Waals surface area contributed by atoms with Crippen molar-refractivity contribution in [3.05, 3.63) is 48.8 Å². The van der Waals surface area contributed by atoms with Gasteiger partial charge < -0.3 is 5.32 Å². The number of H-pyrrole nitrogens is 1. The third kappa shape index (κ3) is 1.80. The van der Waals surface area contributed by atoms with Crippen molar-refractivity contribution in [3.63, 3.8) is 0 Å². The molecule has 0 saturated carbocycles. The second kappa shape index (κ2) is 4.25. The summed E-state index contributed by atoms with van der Waals surface area (Å²) in [5, 5.41) is 10.8. The zero-order valence-corrected chi connectivity index (χ0v) is 9.29. The van der Waals surface area contributed by atoms with E-state index in [0.29, 0.717) is 5.69 Å². The van der Waals surface area contributed by atoms with E-state index in [1.54, 1.807) is 12.4 Å². The van der Waals surface area contributed by atoms with Crippen molar-refractivity contribution in [2.24, 2.45) is 0 Å². The van der Waals surface area contributed by atoms with Crippen LogP contribution in [0.1, 0.15) is 10.6 Å². The van der Waals surface area contributed by atoms with Crippen LogP contribution in [0.25, 0.3) is 10.8 Å². The van der Waals surface area contributed by atoms with E-state index in [1.165, 1.54) is 6.33 Å². The van der Waals surface area contributed by atoms with Gasteiger partial charge in [-0.05, 0) is 17.5 Å². The standard InChI is InChI=1S/C12H9N5O/c18-12(11-14-7-15-17-11)16-10-3-1-2-8-4-5-13-6-9(8)10/h1-7H,(H,16,18)(H,14,15,17). The SMILES string of the molecule is O=C(Nc1cccc2ccncc12)c1ncn[nH]1. The molecule has 1 aromatic carbocycles. The number of aromatic amines is 1. The first-order chi connectivity index (χ1) is 8.84. The highest BCUT2D eigenvalue weighted by molar-refractivity contribution is 6.07. The van der Waals surface area contributed by atoms with E-state index in [2.05, 4.69) is 25.5 Å². The predicted octanol–water partition coefficient (Wildman–Crippen LogP) is 1.61. The van der Waals surface area contributed by atoms with E-state index < -0.39 is 0 Å². The summed E-state index contributed by atoms with van der Waals surface area (Å²) >= 11 is 0. The number of nitrogens with zero attached hydrogens (tertiary/aromatic N) is 3. The second-order valence-corrected chi connectivity index (χ2v) is 3.69. The molecule has 0 aliphatic heterocycles. The van der Waals surface area contributed by atoms with E-state index in [1.807, 2.05) is 24.3 Å². The lowest BCUT2D eigenvalue weighted by molar-refractivity contribution is 0.101. The molecule has 0 spiro atoms. The van der Waals surface area contributed by atoms with Gasteiger partial charge in [0.15, 0.2) is 0 Å². The van der Waals surface area contributed by atoms with E-state index in [0.717, 1.165) is 10.8 Å². The van der Waals surface area contributed by atoms with Gasteiger partial charge in [0.05, 0.1) is 5.69 Å². The molecular weight excluding hydrogens is 230 g/mol. The Kier molecular flexibility index (Phi) is 2.45. The smallest absolute Gasteiger partial charge is 0.292 e. The Morgan fingerprint density at radius 2 is 2.22 bits per heavy atom. The maximum Gasteiger partial charge on any atom is 0.292 e. The van der Waals surface area contributed by atoms with Crippen LogP contribution >= 0.6 is 0 Å². The Labute approximate surface area is 102 Å². The fourth-order valence-corrected chi connectivity index (χ4v) is 1.72. The van der Waals surface area contributed by atoms with Gasteiger partial charge >= 0.3 is 0 Å². The molecule has 0 fully saturated rings. The maximum atomic E-state index is 11.9. The zero-order chi connectivity index (χ0) is 12.4. The summed E-state index contributed by atoms with van der Waals surface area (Å²) in [6.45, 7) is 0. The number of carbonyl (C=O) groups is 1. The highest BCUT2D eigenvalue weighted by Gasteiger charge is 2.10. The molecule has 0 aliphatic carbocycles. The van der Waals surface area contributed by atoms with Gasteiger partial charge in [0.25, 0.3) is 5.91 Å². The molecule has 0 saturated heterocycles. The number of amides is 1. The van der Waals surface area contributed by atoms with E-state index in [9.17, 15) is 4.79 Å². The van der Waals surface area contributed by atoms with Gasteiger partial charge in [0.2, 0.25) is 5.82 Å². The lowest BCUT2D eigenvalue weighted by Gasteiger charge is -2.06. The average molecular weight is 239 g/mol. The molecule has 2 N–H and O–H groups in total. The van der Waals surface area contributed by atoms with Crippen LogP contribution in [0.5, 0.6) is 0 Å². The van der Waals surface area contributed by atoms with Crippen LogP contribution in [0.3, 0.4) is 0 Å². The summed E-state index contributed by atoms with van der Waals surface area (Å²) in [5.74, 6) is -0.153. The minimum absolute atomic E-state index is 0.177. The molecule has 3 rings (SSSR count). The summed E-state index contributed by atoms with van der Waals surface area (Å²) in [5.41, 5.74) is 0.696. The van der Waals surface area contributed by atoms with Crippen molar-refractivity contribution in [3.8, 4) is 0 Å². The van der Waals surface area contributed by atoms with Crippen molar-refractivity contribution in [1.82, 2.24) is 20.2 Å². The van der Waals surface area contributed by atoms with Gasteiger partial charge in [-0.15, -0.1) is 0 Å². The van der Waals surface area contributed by atoms with Crippen LogP contribution in [-0.4, -0.2) is 26.1 Å². The van der Waals surface area contributed by atoms with Crippen molar-refractivity contribution in [1.29, 1.82) is 0 Å². The quantitative estimate of drug-likeness (QED) is 0.711. The fraction of sp³-hybridized carbons (Fsp3) is 0. The number of carbonyl (C=O) groups excluding carboxylic acids is 1. The molecule has 18 heavy (non-hydrogen) atoms. The Hall–Kier alpha value is -2.76. The summed E-state index contributed by atoms with van der Waals surface area (Å²) < 4.78 is 0. The summed E-state index contributed by atoms with van der Waals surface area (Å²) in [7, 11) is 0. The molecule has 3 aromatic rings. The number of hydrogen-bond acceptors (Lipinski definition) is 4. The minimum atomic E-state index is -0.330. The number of fused-ring (bicyclic) bond motifs is 1. The molecule has 88 valence electrons. The molecule has 0 atom stereocenters. The fourth-order valence-electron chi connectivity index (χ4n) is 1.72. The first kappa shape index (κ1) is 10.4. The second-order valence-electron chi connectivity index (χ2n) is 3.69. The Bertz CT molecular complexity index is 687. The number of aromatic nitrogens is 4. The topological polar surface area (TPSA) is 83.6 Å². The molecule has 0 aliphatic rings. The minimum Gasteiger partial charge on any atom is -0.319 e. The third-order valence-corrected chi connectivity index (χ3v) is 2.56. The van der Waals surface area contributed by atoms with E-state index in [4.69, 9.17) is 0 Å². The largest absolute Gasteiger partial charge is 0.319 e. The average Bonchev–Trinajstić information content (AvgIpc) is 2.93. The molecule has 2 aromatic heterocycles. The lowest BCUT2D eigenvalue weighted by atomic mass is 10.1. The highest BCUT2D eigenvalue weighted by Crippen LogP contribution is 2.22. The highest BCUT2D eigenvalue weighted by atomic mass is 16.2. The molecule has 0 radical (unpaired) electrons. The number of benzene rings is 1. The van der Waals surface area contributed by atoms with Crippen LogP contribution in [0.2, 0.25) is 0 Å². The first-order valence-electron chi connectivity index (χ1n) is 5.34. The van der Waals surface area contributed by atoms with Crippen LogP contribution in [0.4, 0.5) is 5.69 Å². The summed E-state index contributed by atoms with van der Waals surface area (Å²) in [6, 6.07) is 7.54. The van der Waals surface area contributed by atoms with Crippen LogP contribution in [-0.2, 0) is 0 Å². The van der Waals surface area contributed by atoms with E-state index >= 15 is 0 Å². The first-order valence-corrected chi connectivity index (χ1v) is 5.34. The molecule has 6 heteroatoms. The van der Waals surface area contributed by atoms with Crippen LogP contribution in [0.15, 0.2) is 43.0 Å². The van der Waals surface area contributed by atoms with Gasteiger partial charge in [-0.1, -0.05) is 12.1 Å². The van der Waals surface area contributed by atoms with Gasteiger partial charge in [0.1, 0.15) is 6.33 Å². The number of nitrogens with one attached hydrogen (secondary N) is 2. The normalized spacial score (nSPS) is 10.4. The lowest BCUT2D eigenvalue weighted by Crippen LogP contribution is -2.13. The molecule has 1 amide bonds. The van der Waals surface area contributed by atoms with Crippen molar-refractivity contribution in [2.45, 2.75) is 0 Å². The van der Waals surface area contributed by atoms with Gasteiger partial charge in [0, 0.05) is 17.8 Å². The van der Waals surface area contributed by atoms with Gasteiger partial charge in [-0.25, -0.2) is 4.98 Å². The predicted molar refractivity (Wildman–Crippen MR) is 66.1 cm³/mol. The summed E-state index contributed by atoms with van der Waals surface area (Å²) in [4.78, 5) is 19.7. The van der Waals surface area contributed by atoms with Crippen molar-refractivity contribution in [2.75, 3.05) is 5.32 Å². The number of hydrogen-bond donors (Lipinski definition) is 2. The zero-order valence-electron chi connectivity index (χ0n) is 9.29. The Morgan fingerprint density at radius 1 is 1.28 bits per heavy atom. The van der Waals surface area contributed by atoms with Crippen molar-refractivity contribution >= 4 is 22.4 Å². The summed E-state index contributed by atoms with van der Waals surface area (Å²) in [6.07, 6.45) is 4.72. The molecular formula is C12H9N5O. The van der Waals surface area contributed by atoms with E-state index in [-0.39, 0.29) is 11.7 Å². The number of rotatable bonds is 2. The van der Waals surface area contributed by atoms with Gasteiger partial charge in [-0.2, -0.15) is 5.10 Å². The third-order valence-electron chi connectivity index (χ3n) is 2.56. The maximum absolute atomic E-state index is 11.9. The van der Waals surface area contributed by atoms with Crippen LogP contribution in [0, 0.1) is 0 Å². The van der Waals surface area contributed by atoms with Crippen molar-refractivity contribution < 1.29 is 4.79 Å². The molecule has 0 unspecified atom stereocenters. The van der Waals surface area contributed by atoms with Crippen LogP contribution < -0.4 is 5.32 Å².